The van der Waals surface area contributed by atoms with Crippen LogP contribution in [0.25, 0.3) is 0 Å². The zero-order valence-electron chi connectivity index (χ0n) is 14.9. The minimum Gasteiger partial charge on any atom is -0.444 e. The van der Waals surface area contributed by atoms with Crippen LogP contribution in [0.3, 0.4) is 0 Å². The van der Waals surface area contributed by atoms with Gasteiger partial charge in [-0.1, -0.05) is 30.3 Å². The van der Waals surface area contributed by atoms with E-state index in [1.165, 1.54) is 0 Å². The van der Waals surface area contributed by atoms with E-state index in [0.29, 0.717) is 6.54 Å². The molecule has 1 saturated heterocycles. The van der Waals surface area contributed by atoms with Gasteiger partial charge in [-0.3, -0.25) is 0 Å². The SMILES string of the molecule is CC(C)(C)OC(=O)N1CC[C@@H](C(C)(C)O)C[C@H]1c1ccccc1. The van der Waals surface area contributed by atoms with Crippen molar-refractivity contribution in [2.24, 2.45) is 5.92 Å². The topological polar surface area (TPSA) is 49.8 Å². The number of piperidine rings is 1. The molecule has 1 N–H and O–H groups in total. The van der Waals surface area contributed by atoms with E-state index in [4.69, 9.17) is 4.74 Å². The normalized spacial score (nSPS) is 22.8. The molecule has 0 bridgehead atoms. The Morgan fingerprint density at radius 2 is 1.78 bits per heavy atom. The molecule has 1 heterocycles. The van der Waals surface area contributed by atoms with Crippen LogP contribution in [0.4, 0.5) is 4.79 Å². The molecule has 0 aromatic heterocycles. The van der Waals surface area contributed by atoms with Crippen LogP contribution in [0.5, 0.6) is 0 Å². The number of ether oxygens (including phenoxy) is 1. The summed E-state index contributed by atoms with van der Waals surface area (Å²) in [4.78, 5) is 14.4. The Balaban J connectivity index is 2.25. The molecule has 1 aromatic rings. The Hall–Kier alpha value is -1.55. The van der Waals surface area contributed by atoms with E-state index in [1.807, 2.05) is 69.9 Å². The lowest BCUT2D eigenvalue weighted by Crippen LogP contribution is -2.47. The van der Waals surface area contributed by atoms with Crippen LogP contribution in [-0.2, 0) is 4.74 Å². The average Bonchev–Trinajstić information content (AvgIpc) is 2.45. The van der Waals surface area contributed by atoms with Gasteiger partial charge < -0.3 is 14.7 Å². The zero-order valence-corrected chi connectivity index (χ0v) is 14.9. The molecule has 0 spiro atoms. The maximum absolute atomic E-state index is 12.6. The van der Waals surface area contributed by atoms with E-state index < -0.39 is 11.2 Å². The largest absolute Gasteiger partial charge is 0.444 e. The number of benzene rings is 1. The Labute approximate surface area is 139 Å². The van der Waals surface area contributed by atoms with E-state index in [0.717, 1.165) is 18.4 Å². The number of nitrogens with zero attached hydrogens (tertiary/aromatic N) is 1. The van der Waals surface area contributed by atoms with Crippen LogP contribution in [0.15, 0.2) is 30.3 Å². The van der Waals surface area contributed by atoms with Gasteiger partial charge in [-0.25, -0.2) is 4.79 Å². The molecule has 0 aliphatic carbocycles. The summed E-state index contributed by atoms with van der Waals surface area (Å²) in [5, 5.41) is 10.4. The first kappa shape index (κ1) is 17.8. The molecule has 4 nitrogen and oxygen atoms in total. The standard InChI is InChI=1S/C19H29NO3/c1-18(2,3)23-17(21)20-12-11-15(19(4,5)22)13-16(20)14-9-7-6-8-10-14/h6-10,15-16,22H,11-13H2,1-5H3/t15-,16+/m1/s1. The van der Waals surface area contributed by atoms with Crippen LogP contribution >= 0.6 is 0 Å². The molecule has 1 aromatic carbocycles. The van der Waals surface area contributed by atoms with Gasteiger partial charge >= 0.3 is 6.09 Å². The van der Waals surface area contributed by atoms with Crippen molar-refractivity contribution in [3.8, 4) is 0 Å². The lowest BCUT2D eigenvalue weighted by molar-refractivity contribution is -0.0398. The molecule has 1 fully saturated rings. The third-order valence-electron chi connectivity index (χ3n) is 4.41. The second-order valence-corrected chi connectivity index (χ2v) is 7.98. The number of amides is 1. The predicted molar refractivity (Wildman–Crippen MR) is 91.1 cm³/mol. The second kappa shape index (κ2) is 6.52. The van der Waals surface area contributed by atoms with Crippen molar-refractivity contribution in [1.29, 1.82) is 0 Å². The smallest absolute Gasteiger partial charge is 0.410 e. The van der Waals surface area contributed by atoms with Crippen LogP contribution in [0.2, 0.25) is 0 Å². The summed E-state index contributed by atoms with van der Waals surface area (Å²) in [6.07, 6.45) is 1.25. The molecule has 0 saturated carbocycles. The fourth-order valence-electron chi connectivity index (χ4n) is 3.14. The number of likely N-dealkylation sites (tertiary alicyclic amines) is 1. The Kier molecular flexibility index (Phi) is 5.04. The summed E-state index contributed by atoms with van der Waals surface area (Å²) in [5.41, 5.74) is -0.161. The Bertz CT molecular complexity index is 528. The lowest BCUT2D eigenvalue weighted by atomic mass is 9.78. The fourth-order valence-corrected chi connectivity index (χ4v) is 3.14. The van der Waals surface area contributed by atoms with Crippen LogP contribution in [-0.4, -0.2) is 33.8 Å². The fraction of sp³-hybridized carbons (Fsp3) is 0.632. The lowest BCUT2D eigenvalue weighted by Gasteiger charge is -2.43. The van der Waals surface area contributed by atoms with Gasteiger partial charge in [0.15, 0.2) is 0 Å². The summed E-state index contributed by atoms with van der Waals surface area (Å²) >= 11 is 0. The van der Waals surface area contributed by atoms with Crippen molar-refractivity contribution >= 4 is 6.09 Å². The summed E-state index contributed by atoms with van der Waals surface area (Å²) in [7, 11) is 0. The minimum atomic E-state index is -0.743. The van der Waals surface area contributed by atoms with Gasteiger partial charge in [0.05, 0.1) is 11.6 Å². The summed E-state index contributed by atoms with van der Waals surface area (Å²) in [6.45, 7) is 9.94. The van der Waals surface area contributed by atoms with Crippen molar-refractivity contribution in [1.82, 2.24) is 4.90 Å². The molecule has 1 aliphatic heterocycles. The van der Waals surface area contributed by atoms with Crippen molar-refractivity contribution in [3.63, 3.8) is 0 Å². The number of carbonyl (C=O) groups excluding carboxylic acids is 1. The maximum Gasteiger partial charge on any atom is 0.410 e. The van der Waals surface area contributed by atoms with Crippen LogP contribution < -0.4 is 0 Å². The van der Waals surface area contributed by atoms with Crippen LogP contribution in [0, 0.1) is 5.92 Å². The molecule has 0 radical (unpaired) electrons. The molecular weight excluding hydrogens is 290 g/mol. The molecule has 1 amide bonds. The number of hydrogen-bond donors (Lipinski definition) is 1. The quantitative estimate of drug-likeness (QED) is 0.891. The van der Waals surface area contributed by atoms with Crippen molar-refractivity contribution in [2.45, 2.75) is 64.7 Å². The second-order valence-electron chi connectivity index (χ2n) is 7.98. The van der Waals surface area contributed by atoms with Crippen molar-refractivity contribution in [2.75, 3.05) is 6.54 Å². The molecule has 2 rings (SSSR count). The third-order valence-corrected chi connectivity index (χ3v) is 4.41. The molecule has 1 aliphatic rings. The summed E-state index contributed by atoms with van der Waals surface area (Å²) in [5.74, 6) is 0.159. The summed E-state index contributed by atoms with van der Waals surface area (Å²) < 4.78 is 5.57. The highest BCUT2D eigenvalue weighted by molar-refractivity contribution is 5.69. The monoisotopic (exact) mass is 319 g/mol. The van der Waals surface area contributed by atoms with Gasteiger partial charge in [0, 0.05) is 6.54 Å². The average molecular weight is 319 g/mol. The molecule has 2 atom stereocenters. The first-order valence-electron chi connectivity index (χ1n) is 8.35. The first-order valence-corrected chi connectivity index (χ1v) is 8.35. The highest BCUT2D eigenvalue weighted by Gasteiger charge is 2.39. The summed E-state index contributed by atoms with van der Waals surface area (Å²) in [6, 6.07) is 9.95. The number of aliphatic hydroxyl groups is 1. The highest BCUT2D eigenvalue weighted by Crippen LogP contribution is 2.39. The molecule has 23 heavy (non-hydrogen) atoms. The van der Waals surface area contributed by atoms with Gasteiger partial charge in [0.25, 0.3) is 0 Å². The molecule has 128 valence electrons. The van der Waals surface area contributed by atoms with Gasteiger partial charge in [-0.05, 0) is 58.9 Å². The van der Waals surface area contributed by atoms with E-state index >= 15 is 0 Å². The zero-order chi connectivity index (χ0) is 17.3. The Morgan fingerprint density at radius 1 is 1.17 bits per heavy atom. The molecule has 0 unspecified atom stereocenters. The van der Waals surface area contributed by atoms with E-state index in [9.17, 15) is 9.90 Å². The first-order chi connectivity index (χ1) is 10.6. The van der Waals surface area contributed by atoms with Gasteiger partial charge in [0.2, 0.25) is 0 Å². The molecule has 4 heteroatoms. The molecular formula is C19H29NO3. The van der Waals surface area contributed by atoms with Crippen molar-refractivity contribution in [3.05, 3.63) is 35.9 Å². The highest BCUT2D eigenvalue weighted by atomic mass is 16.6. The van der Waals surface area contributed by atoms with E-state index in [2.05, 4.69) is 0 Å². The number of carbonyl (C=O) groups is 1. The minimum absolute atomic E-state index is 0.0591. The maximum atomic E-state index is 12.6. The third kappa shape index (κ3) is 4.71. The predicted octanol–water partition coefficient (Wildman–Crippen LogP) is 4.15. The van der Waals surface area contributed by atoms with E-state index in [1.54, 1.807) is 0 Å². The number of hydrogen-bond acceptors (Lipinski definition) is 3. The van der Waals surface area contributed by atoms with Gasteiger partial charge in [0.1, 0.15) is 5.60 Å². The van der Waals surface area contributed by atoms with Gasteiger partial charge in [-0.2, -0.15) is 0 Å². The van der Waals surface area contributed by atoms with Crippen LogP contribution in [0.1, 0.15) is 59.1 Å². The Morgan fingerprint density at radius 3 is 2.30 bits per heavy atom. The number of rotatable bonds is 2. The van der Waals surface area contributed by atoms with Crippen molar-refractivity contribution < 1.29 is 14.6 Å². The van der Waals surface area contributed by atoms with Gasteiger partial charge in [-0.15, -0.1) is 0 Å². The van der Waals surface area contributed by atoms with E-state index in [-0.39, 0.29) is 18.1 Å².